The summed E-state index contributed by atoms with van der Waals surface area (Å²) in [5.74, 6) is -0.0297. The van der Waals surface area contributed by atoms with Gasteiger partial charge in [0, 0.05) is 27.6 Å². The fourth-order valence-corrected chi connectivity index (χ4v) is 1.51. The molecule has 1 atom stereocenters. The van der Waals surface area contributed by atoms with E-state index in [1.165, 1.54) is 11.8 Å². The molecule has 0 aromatic rings. The maximum absolute atomic E-state index is 11.6. The van der Waals surface area contributed by atoms with E-state index in [-0.39, 0.29) is 17.9 Å². The molecule has 1 rings (SSSR count). The zero-order valence-electron chi connectivity index (χ0n) is 8.28. The van der Waals surface area contributed by atoms with E-state index in [9.17, 15) is 9.59 Å². The second-order valence-corrected chi connectivity index (χ2v) is 3.44. The molecule has 13 heavy (non-hydrogen) atoms. The molecule has 0 aromatic heterocycles. The van der Waals surface area contributed by atoms with Gasteiger partial charge in [-0.1, -0.05) is 0 Å². The molecule has 1 heterocycles. The Bertz CT molecular complexity index is 226. The molecule has 1 fully saturated rings. The molecule has 1 aliphatic rings. The molecule has 4 nitrogen and oxygen atoms in total. The average Bonchev–Trinajstić information content (AvgIpc) is 2.50. The second-order valence-electron chi connectivity index (χ2n) is 3.44. The zero-order chi connectivity index (χ0) is 10.0. The third-order valence-electron chi connectivity index (χ3n) is 2.22. The van der Waals surface area contributed by atoms with Crippen molar-refractivity contribution < 1.29 is 9.59 Å². The molecule has 0 bridgehead atoms. The van der Waals surface area contributed by atoms with Crippen molar-refractivity contribution in [3.05, 3.63) is 6.42 Å². The van der Waals surface area contributed by atoms with E-state index in [2.05, 4.69) is 0 Å². The molecule has 1 radical (unpaired) electrons. The molecule has 4 heteroatoms. The van der Waals surface area contributed by atoms with Crippen LogP contribution in [0.3, 0.4) is 0 Å². The van der Waals surface area contributed by atoms with Crippen LogP contribution in [-0.2, 0) is 9.59 Å². The maximum atomic E-state index is 11.6. The monoisotopic (exact) mass is 183 g/mol. The van der Waals surface area contributed by atoms with Crippen LogP contribution in [0.15, 0.2) is 0 Å². The first kappa shape index (κ1) is 10.0. The number of likely N-dealkylation sites (N-methyl/N-ethyl adjacent to an activating group) is 1. The first-order valence-electron chi connectivity index (χ1n) is 4.34. The van der Waals surface area contributed by atoms with Crippen LogP contribution in [-0.4, -0.2) is 48.3 Å². The van der Waals surface area contributed by atoms with Gasteiger partial charge in [-0.2, -0.15) is 0 Å². The topological polar surface area (TPSA) is 40.6 Å². The number of rotatable bonds is 1. The van der Waals surface area contributed by atoms with E-state index >= 15 is 0 Å². The molecule has 73 valence electrons. The Morgan fingerprint density at radius 2 is 2.08 bits per heavy atom. The van der Waals surface area contributed by atoms with Gasteiger partial charge in [0.2, 0.25) is 11.8 Å². The maximum Gasteiger partial charge on any atom is 0.244 e. The van der Waals surface area contributed by atoms with Gasteiger partial charge in [0.1, 0.15) is 6.04 Å². The fraction of sp³-hybridized carbons (Fsp3) is 0.667. The third kappa shape index (κ3) is 1.99. The summed E-state index contributed by atoms with van der Waals surface area (Å²) in [6.45, 7) is 2.09. The standard InChI is InChI=1S/C9H15N2O2/c1-7(12)11-6-4-5-8(11)9(13)10(2)3/h4,8H,5-6H2,1-3H3. The number of carbonyl (C=O) groups is 2. The summed E-state index contributed by atoms with van der Waals surface area (Å²) in [4.78, 5) is 25.8. The number of nitrogens with zero attached hydrogens (tertiary/aromatic N) is 2. The van der Waals surface area contributed by atoms with Gasteiger partial charge in [-0.15, -0.1) is 0 Å². The number of likely N-dealkylation sites (tertiary alicyclic amines) is 1. The molecule has 1 aliphatic heterocycles. The van der Waals surface area contributed by atoms with Gasteiger partial charge in [-0.05, 0) is 12.8 Å². The highest BCUT2D eigenvalue weighted by molar-refractivity contribution is 5.87. The van der Waals surface area contributed by atoms with Crippen molar-refractivity contribution in [2.24, 2.45) is 0 Å². The minimum absolute atomic E-state index is 0.00366. The van der Waals surface area contributed by atoms with Crippen LogP contribution in [0.2, 0.25) is 0 Å². The number of carbonyl (C=O) groups excluding carboxylic acids is 2. The Labute approximate surface area is 78.5 Å². The molecule has 0 saturated carbocycles. The predicted octanol–water partition coefficient (Wildman–Crippen LogP) is -0.100. The van der Waals surface area contributed by atoms with E-state index in [4.69, 9.17) is 0 Å². The molecule has 0 aliphatic carbocycles. The number of hydrogen-bond acceptors (Lipinski definition) is 2. The molecule has 0 aromatic carbocycles. The van der Waals surface area contributed by atoms with Crippen LogP contribution >= 0.6 is 0 Å². The van der Waals surface area contributed by atoms with Gasteiger partial charge >= 0.3 is 0 Å². The van der Waals surface area contributed by atoms with Crippen LogP contribution in [0.25, 0.3) is 0 Å². The van der Waals surface area contributed by atoms with Crippen LogP contribution in [0, 0.1) is 6.42 Å². The fourth-order valence-electron chi connectivity index (χ4n) is 1.51. The first-order valence-corrected chi connectivity index (χ1v) is 4.34. The van der Waals surface area contributed by atoms with Crippen molar-refractivity contribution in [1.82, 2.24) is 9.80 Å². The Balaban J connectivity index is 2.68. The van der Waals surface area contributed by atoms with Gasteiger partial charge in [0.25, 0.3) is 0 Å². The summed E-state index contributed by atoms with van der Waals surface area (Å²) in [5, 5.41) is 0. The highest BCUT2D eigenvalue weighted by Crippen LogP contribution is 2.17. The molecule has 0 N–H and O–H groups in total. The number of amides is 2. The van der Waals surface area contributed by atoms with Gasteiger partial charge in [0.05, 0.1) is 0 Å². The van der Waals surface area contributed by atoms with Crippen molar-refractivity contribution in [3.63, 3.8) is 0 Å². The molecular formula is C9H15N2O2. The van der Waals surface area contributed by atoms with Crippen LogP contribution < -0.4 is 0 Å². The molecule has 1 unspecified atom stereocenters. The summed E-state index contributed by atoms with van der Waals surface area (Å²) in [6.07, 6.45) is 2.64. The first-order chi connectivity index (χ1) is 6.04. The molecule has 0 spiro atoms. The van der Waals surface area contributed by atoms with Crippen molar-refractivity contribution in [2.45, 2.75) is 19.4 Å². The van der Waals surface area contributed by atoms with Crippen molar-refractivity contribution in [1.29, 1.82) is 0 Å². The predicted molar refractivity (Wildman–Crippen MR) is 48.8 cm³/mol. The van der Waals surface area contributed by atoms with Gasteiger partial charge in [0.15, 0.2) is 0 Å². The van der Waals surface area contributed by atoms with Crippen molar-refractivity contribution in [3.8, 4) is 0 Å². The lowest BCUT2D eigenvalue weighted by molar-refractivity contribution is -0.141. The summed E-state index contributed by atoms with van der Waals surface area (Å²) in [6, 6.07) is -0.271. The molecule has 2 amide bonds. The van der Waals surface area contributed by atoms with E-state index < -0.39 is 0 Å². The Hall–Kier alpha value is -1.06. The van der Waals surface area contributed by atoms with Crippen molar-refractivity contribution in [2.75, 3.05) is 20.6 Å². The highest BCUT2D eigenvalue weighted by Gasteiger charge is 2.33. The summed E-state index contributed by atoms with van der Waals surface area (Å²) < 4.78 is 0. The summed E-state index contributed by atoms with van der Waals surface area (Å²) >= 11 is 0. The number of hydrogen-bond donors (Lipinski definition) is 0. The lowest BCUT2D eigenvalue weighted by Gasteiger charge is -2.24. The van der Waals surface area contributed by atoms with Crippen LogP contribution in [0.1, 0.15) is 13.3 Å². The Morgan fingerprint density at radius 1 is 1.46 bits per heavy atom. The van der Waals surface area contributed by atoms with E-state index in [0.717, 1.165) is 0 Å². The largest absolute Gasteiger partial charge is 0.347 e. The van der Waals surface area contributed by atoms with Crippen LogP contribution in [0.5, 0.6) is 0 Å². The smallest absolute Gasteiger partial charge is 0.244 e. The lowest BCUT2D eigenvalue weighted by atomic mass is 10.2. The average molecular weight is 183 g/mol. The minimum atomic E-state index is -0.271. The Morgan fingerprint density at radius 3 is 2.54 bits per heavy atom. The molecular weight excluding hydrogens is 168 g/mol. The summed E-state index contributed by atoms with van der Waals surface area (Å²) in [5.41, 5.74) is 0. The van der Waals surface area contributed by atoms with Gasteiger partial charge < -0.3 is 9.80 Å². The zero-order valence-corrected chi connectivity index (χ0v) is 8.28. The van der Waals surface area contributed by atoms with Gasteiger partial charge in [-0.3, -0.25) is 9.59 Å². The quantitative estimate of drug-likeness (QED) is 0.569. The van der Waals surface area contributed by atoms with Crippen molar-refractivity contribution >= 4 is 11.8 Å². The van der Waals surface area contributed by atoms with Crippen LogP contribution in [0.4, 0.5) is 0 Å². The minimum Gasteiger partial charge on any atom is -0.347 e. The second kappa shape index (κ2) is 3.77. The highest BCUT2D eigenvalue weighted by atomic mass is 16.2. The molecule has 1 saturated heterocycles. The van der Waals surface area contributed by atoms with Gasteiger partial charge in [-0.25, -0.2) is 0 Å². The summed E-state index contributed by atoms with van der Waals surface area (Å²) in [7, 11) is 3.41. The van der Waals surface area contributed by atoms with E-state index in [0.29, 0.717) is 13.0 Å². The van der Waals surface area contributed by atoms with E-state index in [1.807, 2.05) is 6.42 Å². The lowest BCUT2D eigenvalue weighted by Crippen LogP contribution is -2.44. The SMILES string of the molecule is CC(=O)N1C[CH]CC1C(=O)N(C)C. The Kier molecular flexibility index (Phi) is 2.90. The normalized spacial score (nSPS) is 21.8. The van der Waals surface area contributed by atoms with E-state index in [1.54, 1.807) is 19.0 Å². The third-order valence-corrected chi connectivity index (χ3v) is 2.22.